The number of nitrogens with one attached hydrogen (secondary N) is 1. The average molecular weight is 203 g/mol. The van der Waals surface area contributed by atoms with Crippen molar-refractivity contribution in [1.82, 2.24) is 9.88 Å². The van der Waals surface area contributed by atoms with E-state index in [1.54, 1.807) is 0 Å². The van der Waals surface area contributed by atoms with Crippen LogP contribution in [0.3, 0.4) is 0 Å². The van der Waals surface area contributed by atoms with Crippen LogP contribution in [0.25, 0.3) is 10.9 Å². The number of hydrogen-bond acceptors (Lipinski definition) is 2. The maximum atomic E-state index is 5.75. The number of hydrogen-bond donors (Lipinski definition) is 2. The third-order valence-corrected chi connectivity index (χ3v) is 2.58. The van der Waals surface area contributed by atoms with E-state index in [2.05, 4.69) is 42.3 Å². The van der Waals surface area contributed by atoms with Crippen LogP contribution in [0.15, 0.2) is 24.4 Å². The summed E-state index contributed by atoms with van der Waals surface area (Å²) in [4.78, 5) is 5.45. The molecule has 1 heterocycles. The molecule has 0 radical (unpaired) electrons. The van der Waals surface area contributed by atoms with Gasteiger partial charge >= 0.3 is 0 Å². The first kappa shape index (κ1) is 10.2. The molecular formula is C12H17N3. The van der Waals surface area contributed by atoms with E-state index in [-0.39, 0.29) is 0 Å². The summed E-state index contributed by atoms with van der Waals surface area (Å²) in [6, 6.07) is 6.23. The van der Waals surface area contributed by atoms with Crippen LogP contribution in [-0.2, 0) is 13.1 Å². The Hall–Kier alpha value is -1.32. The molecule has 1 aromatic heterocycles. The third-order valence-electron chi connectivity index (χ3n) is 2.58. The van der Waals surface area contributed by atoms with E-state index in [0.29, 0.717) is 6.54 Å². The van der Waals surface area contributed by atoms with Crippen LogP contribution in [-0.4, -0.2) is 24.0 Å². The van der Waals surface area contributed by atoms with Gasteiger partial charge in [0.25, 0.3) is 0 Å². The van der Waals surface area contributed by atoms with Gasteiger partial charge in [0.15, 0.2) is 0 Å². The van der Waals surface area contributed by atoms with Gasteiger partial charge in [-0.3, -0.25) is 0 Å². The lowest BCUT2D eigenvalue weighted by atomic mass is 10.1. The van der Waals surface area contributed by atoms with Crippen LogP contribution in [0, 0.1) is 0 Å². The van der Waals surface area contributed by atoms with Crippen molar-refractivity contribution in [2.24, 2.45) is 5.73 Å². The van der Waals surface area contributed by atoms with Gasteiger partial charge in [-0.2, -0.15) is 0 Å². The van der Waals surface area contributed by atoms with Crippen molar-refractivity contribution >= 4 is 10.9 Å². The summed E-state index contributed by atoms with van der Waals surface area (Å²) in [6.45, 7) is 1.53. The highest BCUT2D eigenvalue weighted by atomic mass is 15.0. The lowest BCUT2D eigenvalue weighted by Crippen LogP contribution is -2.10. The number of nitrogens with two attached hydrogens (primary N) is 1. The van der Waals surface area contributed by atoms with E-state index >= 15 is 0 Å². The Morgan fingerprint density at radius 2 is 2.07 bits per heavy atom. The van der Waals surface area contributed by atoms with Gasteiger partial charge in [-0.05, 0) is 31.3 Å². The Labute approximate surface area is 89.9 Å². The summed E-state index contributed by atoms with van der Waals surface area (Å²) in [5.41, 5.74) is 9.45. The molecule has 0 aliphatic heterocycles. The van der Waals surface area contributed by atoms with Crippen LogP contribution < -0.4 is 5.73 Å². The van der Waals surface area contributed by atoms with Crippen molar-refractivity contribution in [2.45, 2.75) is 13.1 Å². The van der Waals surface area contributed by atoms with Gasteiger partial charge in [-0.25, -0.2) is 0 Å². The molecule has 0 amide bonds. The molecule has 0 bridgehead atoms. The lowest BCUT2D eigenvalue weighted by molar-refractivity contribution is 0.404. The minimum atomic E-state index is 0.593. The Balaban J connectivity index is 2.55. The molecule has 80 valence electrons. The molecule has 0 saturated heterocycles. The van der Waals surface area contributed by atoms with Gasteiger partial charge in [0, 0.05) is 30.2 Å². The molecule has 0 aliphatic carbocycles. The van der Waals surface area contributed by atoms with Crippen LogP contribution in [0.5, 0.6) is 0 Å². The van der Waals surface area contributed by atoms with Gasteiger partial charge in [0.05, 0.1) is 0 Å². The summed E-state index contributed by atoms with van der Waals surface area (Å²) in [5, 5.41) is 1.29. The smallest absolute Gasteiger partial charge is 0.0460 e. The first-order valence-electron chi connectivity index (χ1n) is 5.15. The largest absolute Gasteiger partial charge is 0.361 e. The first-order chi connectivity index (χ1) is 7.22. The normalized spacial score (nSPS) is 11.5. The molecule has 3 nitrogen and oxygen atoms in total. The predicted octanol–water partition coefficient (Wildman–Crippen LogP) is 1.69. The molecule has 3 N–H and O–H groups in total. The topological polar surface area (TPSA) is 45.0 Å². The number of nitrogens with zero attached hydrogens (tertiary/aromatic N) is 1. The van der Waals surface area contributed by atoms with Gasteiger partial charge in [0.1, 0.15) is 0 Å². The Morgan fingerprint density at radius 1 is 1.27 bits per heavy atom. The van der Waals surface area contributed by atoms with Gasteiger partial charge in [-0.1, -0.05) is 12.1 Å². The minimum Gasteiger partial charge on any atom is -0.361 e. The van der Waals surface area contributed by atoms with Gasteiger partial charge in [-0.15, -0.1) is 0 Å². The van der Waals surface area contributed by atoms with E-state index in [4.69, 9.17) is 5.73 Å². The second kappa shape index (κ2) is 4.04. The molecule has 15 heavy (non-hydrogen) atoms. The molecule has 0 spiro atoms. The van der Waals surface area contributed by atoms with E-state index in [0.717, 1.165) is 6.54 Å². The van der Waals surface area contributed by atoms with Gasteiger partial charge in [0.2, 0.25) is 0 Å². The Morgan fingerprint density at radius 3 is 2.73 bits per heavy atom. The zero-order valence-electron chi connectivity index (χ0n) is 9.25. The summed E-state index contributed by atoms with van der Waals surface area (Å²) in [5.74, 6) is 0. The average Bonchev–Trinajstić information content (AvgIpc) is 2.61. The van der Waals surface area contributed by atoms with Crippen molar-refractivity contribution < 1.29 is 0 Å². The molecule has 2 rings (SSSR count). The maximum absolute atomic E-state index is 5.75. The first-order valence-corrected chi connectivity index (χ1v) is 5.15. The second-order valence-electron chi connectivity index (χ2n) is 4.10. The van der Waals surface area contributed by atoms with Crippen molar-refractivity contribution in [3.05, 3.63) is 35.5 Å². The molecule has 2 aromatic rings. The monoisotopic (exact) mass is 203 g/mol. The number of aromatic amines is 1. The van der Waals surface area contributed by atoms with Crippen molar-refractivity contribution in [3.8, 4) is 0 Å². The van der Waals surface area contributed by atoms with Crippen LogP contribution >= 0.6 is 0 Å². The second-order valence-corrected chi connectivity index (χ2v) is 4.10. The molecule has 3 heteroatoms. The van der Waals surface area contributed by atoms with Crippen molar-refractivity contribution in [3.63, 3.8) is 0 Å². The van der Waals surface area contributed by atoms with E-state index in [9.17, 15) is 0 Å². The summed E-state index contributed by atoms with van der Waals surface area (Å²) in [7, 11) is 4.15. The number of benzene rings is 1. The molecule has 0 atom stereocenters. The molecule has 0 unspecified atom stereocenters. The fraction of sp³-hybridized carbons (Fsp3) is 0.333. The highest BCUT2D eigenvalue weighted by Crippen LogP contribution is 2.23. The quantitative estimate of drug-likeness (QED) is 0.797. The van der Waals surface area contributed by atoms with Gasteiger partial charge < -0.3 is 15.6 Å². The Kier molecular flexibility index (Phi) is 2.75. The summed E-state index contributed by atoms with van der Waals surface area (Å²) in [6.07, 6.45) is 2.07. The standard InChI is InChI=1S/C12H17N3/c1-15(2)8-10-7-14-11-5-3-4-9(6-13)12(10)11/h3-5,7,14H,6,8,13H2,1-2H3. The van der Waals surface area contributed by atoms with E-state index < -0.39 is 0 Å². The highest BCUT2D eigenvalue weighted by Gasteiger charge is 2.07. The highest BCUT2D eigenvalue weighted by molar-refractivity contribution is 5.86. The van der Waals surface area contributed by atoms with Crippen LogP contribution in [0.2, 0.25) is 0 Å². The summed E-state index contributed by atoms with van der Waals surface area (Å²) < 4.78 is 0. The predicted molar refractivity (Wildman–Crippen MR) is 63.6 cm³/mol. The van der Waals surface area contributed by atoms with Crippen LogP contribution in [0.1, 0.15) is 11.1 Å². The minimum absolute atomic E-state index is 0.593. The number of rotatable bonds is 3. The molecule has 0 saturated carbocycles. The molecule has 0 fully saturated rings. The van der Waals surface area contributed by atoms with Crippen LogP contribution in [0.4, 0.5) is 0 Å². The number of H-pyrrole nitrogens is 1. The van der Waals surface area contributed by atoms with E-state index in [1.165, 1.54) is 22.0 Å². The molecule has 0 aliphatic rings. The molecule has 1 aromatic carbocycles. The fourth-order valence-electron chi connectivity index (χ4n) is 1.97. The summed E-state index contributed by atoms with van der Waals surface area (Å²) >= 11 is 0. The SMILES string of the molecule is CN(C)Cc1c[nH]c2cccc(CN)c12. The lowest BCUT2D eigenvalue weighted by Gasteiger charge is -2.09. The zero-order valence-corrected chi connectivity index (χ0v) is 9.25. The van der Waals surface area contributed by atoms with Crippen molar-refractivity contribution in [2.75, 3.05) is 14.1 Å². The maximum Gasteiger partial charge on any atom is 0.0460 e. The molecular weight excluding hydrogens is 186 g/mol. The fourth-order valence-corrected chi connectivity index (χ4v) is 1.97. The Bertz CT molecular complexity index is 457. The van der Waals surface area contributed by atoms with Crippen molar-refractivity contribution in [1.29, 1.82) is 0 Å². The third kappa shape index (κ3) is 1.89. The number of fused-ring (bicyclic) bond motifs is 1. The zero-order chi connectivity index (χ0) is 10.8. The van der Waals surface area contributed by atoms with E-state index in [1.807, 2.05) is 6.07 Å². The number of aromatic nitrogens is 1.